The summed E-state index contributed by atoms with van der Waals surface area (Å²) in [5.41, 5.74) is 15.7. The Bertz CT molecular complexity index is 2810. The second kappa shape index (κ2) is 34.3. The van der Waals surface area contributed by atoms with Crippen molar-refractivity contribution >= 4 is 48.0 Å². The predicted octanol–water partition coefficient (Wildman–Crippen LogP) is 9.12. The fourth-order valence-corrected chi connectivity index (χ4v) is 72.3. The van der Waals surface area contributed by atoms with Gasteiger partial charge in [-0.1, -0.05) is 289 Å². The third-order valence-electron chi connectivity index (χ3n) is 19.0. The van der Waals surface area contributed by atoms with E-state index in [1.807, 2.05) is 33.8 Å². The molecule has 2 N–H and O–H groups in total. The molecule has 0 radical (unpaired) electrons. The molecule has 0 unspecified atom stereocenters. The molecule has 2 bridgehead atoms. The van der Waals surface area contributed by atoms with Crippen molar-refractivity contribution in [3.8, 4) is 0 Å². The van der Waals surface area contributed by atoms with Gasteiger partial charge in [-0.3, -0.25) is 7.83 Å². The largest absolute Gasteiger partial charge is 1.00 e. The minimum Gasteiger partial charge on any atom is -0.373 e. The molecule has 0 saturated carbocycles. The van der Waals surface area contributed by atoms with Gasteiger partial charge in [0.15, 0.2) is 0 Å². The first-order chi connectivity index (χ1) is 41.6. The quantitative estimate of drug-likeness (QED) is 0.107. The Morgan fingerprint density at radius 2 is 0.568 bits per heavy atom. The Morgan fingerprint density at radius 3 is 0.807 bits per heavy atom. The number of aryl methyl sites for hydroxylation is 1. The van der Waals surface area contributed by atoms with E-state index < -0.39 is 22.0 Å². The van der Waals surface area contributed by atoms with Gasteiger partial charge in [0.05, 0.1) is 52.9 Å². The third kappa shape index (κ3) is 17.1. The van der Waals surface area contributed by atoms with Crippen LogP contribution in [0.4, 0.5) is 0 Å². The number of nitrogens with one attached hydrogen (secondary N) is 2. The first-order valence-corrected chi connectivity index (χ1v) is 42.6. The minimum atomic E-state index is -2.84. The summed E-state index contributed by atoms with van der Waals surface area (Å²) < 4.78 is 22.8. The summed E-state index contributed by atoms with van der Waals surface area (Å²) in [5, 5.41) is 8.83. The van der Waals surface area contributed by atoms with Crippen LogP contribution < -0.4 is 54.6 Å². The van der Waals surface area contributed by atoms with Crippen molar-refractivity contribution in [2.75, 3.05) is 92.1 Å². The van der Waals surface area contributed by atoms with Crippen LogP contribution in [0.15, 0.2) is 127 Å². The van der Waals surface area contributed by atoms with Crippen molar-refractivity contribution in [3.63, 3.8) is 0 Å². The number of benzene rings is 6. The average molecular weight is 1240 g/mol. The third-order valence-corrected chi connectivity index (χ3v) is 56.6. The number of fused-ring (bicyclic) bond motifs is 15. The van der Waals surface area contributed by atoms with Crippen LogP contribution in [-0.2, 0) is 18.9 Å². The Morgan fingerprint density at radius 1 is 0.318 bits per heavy atom. The molecule has 6 aromatic rings. The second-order valence-corrected chi connectivity index (χ2v) is 51.2. The fourth-order valence-electron chi connectivity index (χ4n) is 13.9. The van der Waals surface area contributed by atoms with Gasteiger partial charge in [0, 0.05) is 0 Å². The van der Waals surface area contributed by atoms with Crippen molar-refractivity contribution in [1.29, 1.82) is 0 Å². The van der Waals surface area contributed by atoms with Crippen molar-refractivity contribution < 1.29 is 47.6 Å². The maximum atomic E-state index is 5.78. The average Bonchev–Trinajstić information content (AvgIpc) is 1.45. The molecule has 0 aromatic heterocycles. The SMILES string of the molecule is C1COCC[NH+]2CCOCC[NH+](CCO1)CCOCC2.CC(C)c1cc(C(C)C)c([Si-]2[Si](c3ccccc3)(c3ccccc3)[Si]2(c2c(C(C)C)cc(C(C)C)cc2C(C)C)c2c(C(C)C)cc(C(C)C)cc2C(C)C)c(C(C)C)c1.Cc1ccccc1.[Li+]. The van der Waals surface area contributed by atoms with Gasteiger partial charge in [0.25, 0.3) is 0 Å². The standard InChI is InChI=1S/C57H79Si3.C14H28N2O4.C7H8.Li/c1-35(2)44-29-49(38(7)8)55(50(30-44)39(9)10)58-59(47-25-21-19-22-26-47,48-27-23-20-24-28-48)60(58,56-51(40(11)12)31-45(36(3)4)32-52(56)41(13)14)57-53(42(15)16)33-46(37(5)6)34-54(57)43(17)18;1-7-17-9-3-16-4-10-18-8-2-15(1)5-11-19-13-14-20-12-6-16;1-7-5-3-2-4-6-7;/h19-43H,1-18H3;1-14H2;2-6H,1H3;/q-1;;;+1/p+2. The maximum Gasteiger partial charge on any atom is 1.00 e. The topological polar surface area (TPSA) is 45.8 Å². The van der Waals surface area contributed by atoms with Crippen LogP contribution in [0, 0.1) is 6.92 Å². The van der Waals surface area contributed by atoms with Gasteiger partial charge in [-0.05, 0) is 113 Å². The molecule has 4 fully saturated rings. The van der Waals surface area contributed by atoms with Crippen LogP contribution >= 0.6 is 0 Å². The van der Waals surface area contributed by atoms with E-state index >= 15 is 0 Å². The van der Waals surface area contributed by atoms with E-state index in [4.69, 9.17) is 18.9 Å². The van der Waals surface area contributed by atoms with Crippen molar-refractivity contribution in [1.82, 2.24) is 0 Å². The molecule has 6 nitrogen and oxygen atoms in total. The van der Waals surface area contributed by atoms with E-state index in [9.17, 15) is 0 Å². The molecule has 4 aliphatic rings. The van der Waals surface area contributed by atoms with Crippen molar-refractivity contribution in [3.05, 3.63) is 183 Å². The molecular weight excluding hydrogens is 1120 g/mol. The molecule has 0 spiro atoms. The summed E-state index contributed by atoms with van der Waals surface area (Å²) in [6, 6.07) is 51.1. The van der Waals surface area contributed by atoms with Gasteiger partial charge in [0.2, 0.25) is 0 Å². The van der Waals surface area contributed by atoms with Crippen LogP contribution in [0.2, 0.25) is 0 Å². The molecule has 474 valence electrons. The molecule has 0 atom stereocenters. The van der Waals surface area contributed by atoms with E-state index in [0.717, 1.165) is 78.9 Å². The van der Waals surface area contributed by atoms with Gasteiger partial charge in [-0.15, -0.1) is 0 Å². The molecule has 4 heterocycles. The van der Waals surface area contributed by atoms with Gasteiger partial charge >= 0.3 is 18.9 Å². The van der Waals surface area contributed by atoms with Gasteiger partial charge in [-0.2, -0.15) is 5.19 Å². The zero-order valence-corrected chi connectivity index (χ0v) is 61.9. The summed E-state index contributed by atoms with van der Waals surface area (Å²) in [6.07, 6.45) is 0. The Hall–Kier alpha value is -3.67. The fraction of sp³-hybridized carbons (Fsp3) is 0.538. The molecular formula is C78H117LiN2O4Si3+2. The van der Waals surface area contributed by atoms with Gasteiger partial charge in [0.1, 0.15) is 39.3 Å². The van der Waals surface area contributed by atoms with E-state index in [-0.39, 0.29) is 18.9 Å². The Balaban J connectivity index is 0.000000361. The molecule has 10 heteroatoms. The minimum absolute atomic E-state index is 0. The summed E-state index contributed by atoms with van der Waals surface area (Å²) in [5.74, 6) is 3.87. The zero-order valence-electron chi connectivity index (χ0n) is 58.9. The second-order valence-electron chi connectivity index (χ2n) is 28.3. The van der Waals surface area contributed by atoms with Gasteiger partial charge < -0.3 is 28.7 Å². The van der Waals surface area contributed by atoms with E-state index in [1.165, 1.54) is 32.1 Å². The van der Waals surface area contributed by atoms with Gasteiger partial charge in [-0.25, -0.2) is 0 Å². The van der Waals surface area contributed by atoms with Crippen LogP contribution in [-0.4, -0.2) is 114 Å². The normalized spacial score (nSPS) is 18.3. The Labute approximate surface area is 551 Å². The molecule has 10 rings (SSSR count). The van der Waals surface area contributed by atoms with Crippen molar-refractivity contribution in [2.45, 2.75) is 185 Å². The van der Waals surface area contributed by atoms with Crippen LogP contribution in [0.25, 0.3) is 0 Å². The molecule has 88 heavy (non-hydrogen) atoms. The zero-order chi connectivity index (χ0) is 63.2. The molecule has 4 saturated heterocycles. The first kappa shape index (κ1) is 73.4. The first-order valence-electron chi connectivity index (χ1n) is 34.1. The van der Waals surface area contributed by atoms with Crippen LogP contribution in [0.1, 0.15) is 234 Å². The monoisotopic (exact) mass is 1240 g/mol. The van der Waals surface area contributed by atoms with Crippen molar-refractivity contribution in [2.24, 2.45) is 0 Å². The number of hydrogen-bond donors (Lipinski definition) is 2. The summed E-state index contributed by atoms with van der Waals surface area (Å²) >= 11 is 0. The number of hydrogen-bond acceptors (Lipinski definition) is 4. The molecule has 4 aliphatic heterocycles. The molecule has 0 amide bonds. The molecule has 0 aliphatic carbocycles. The summed E-state index contributed by atoms with van der Waals surface area (Å²) in [7, 11) is -6.90. The smallest absolute Gasteiger partial charge is 0.373 e. The molecule has 6 aromatic carbocycles. The van der Waals surface area contributed by atoms with E-state index in [1.54, 1.807) is 43.8 Å². The summed E-state index contributed by atoms with van der Waals surface area (Å²) in [6.45, 7) is 59.2. The summed E-state index contributed by atoms with van der Waals surface area (Å²) in [4.78, 5) is 3.01. The number of ether oxygens (including phenoxy) is 4. The van der Waals surface area contributed by atoms with Crippen LogP contribution in [0.3, 0.4) is 0 Å². The Kier molecular flexibility index (Phi) is 28.6. The number of rotatable bonds is 14. The maximum absolute atomic E-state index is 5.78. The van der Waals surface area contributed by atoms with E-state index in [0.29, 0.717) is 66.5 Å². The number of quaternary nitrogens is 2. The van der Waals surface area contributed by atoms with E-state index in [2.05, 4.69) is 241 Å². The van der Waals surface area contributed by atoms with Crippen LogP contribution in [0.5, 0.6) is 0 Å². The predicted molar refractivity (Wildman–Crippen MR) is 380 cm³/mol.